The zero-order chi connectivity index (χ0) is 7.40. The summed E-state index contributed by atoms with van der Waals surface area (Å²) in [6.07, 6.45) is -0.323. The Morgan fingerprint density at radius 1 is 1.60 bits per heavy atom. The van der Waals surface area contributed by atoms with Crippen molar-refractivity contribution in [2.24, 2.45) is 0 Å². The van der Waals surface area contributed by atoms with E-state index >= 15 is 0 Å². The molecular weight excluding hydrogens is 198 g/mol. The lowest BCUT2D eigenvalue weighted by molar-refractivity contribution is -0.000491. The fourth-order valence-corrected chi connectivity index (χ4v) is 1.19. The molecule has 0 spiro atoms. The van der Waals surface area contributed by atoms with Crippen LogP contribution in [0.1, 0.15) is 0 Å². The number of alkyl halides is 1. The van der Waals surface area contributed by atoms with Crippen LogP contribution in [-0.2, 0) is 4.74 Å². The highest BCUT2D eigenvalue weighted by molar-refractivity contribution is 9.09. The van der Waals surface area contributed by atoms with Gasteiger partial charge in [-0.1, -0.05) is 15.9 Å². The van der Waals surface area contributed by atoms with Crippen LogP contribution in [0.2, 0.25) is 0 Å². The predicted molar refractivity (Wildman–Crippen MR) is 42.4 cm³/mol. The Hall–Kier alpha value is 0.360. The number of hydrogen-bond acceptors (Lipinski definition) is 3. The SMILES string of the molecule is OC1CNCC1OCCBr. The number of rotatable bonds is 3. The molecule has 1 fully saturated rings. The van der Waals surface area contributed by atoms with Crippen LogP contribution in [0.25, 0.3) is 0 Å². The normalized spacial score (nSPS) is 33.0. The molecule has 0 saturated carbocycles. The van der Waals surface area contributed by atoms with Gasteiger partial charge in [0.1, 0.15) is 0 Å². The molecule has 60 valence electrons. The van der Waals surface area contributed by atoms with Crippen molar-refractivity contribution in [1.29, 1.82) is 0 Å². The molecule has 0 bridgehead atoms. The average Bonchev–Trinajstić information content (AvgIpc) is 2.31. The lowest BCUT2D eigenvalue weighted by Gasteiger charge is -2.12. The molecule has 10 heavy (non-hydrogen) atoms. The first-order valence-electron chi connectivity index (χ1n) is 3.41. The summed E-state index contributed by atoms with van der Waals surface area (Å²) in [5.41, 5.74) is 0. The first-order valence-corrected chi connectivity index (χ1v) is 4.53. The van der Waals surface area contributed by atoms with Crippen LogP contribution < -0.4 is 5.32 Å². The first-order chi connectivity index (χ1) is 4.84. The van der Waals surface area contributed by atoms with Crippen molar-refractivity contribution in [2.45, 2.75) is 12.2 Å². The Morgan fingerprint density at radius 2 is 2.40 bits per heavy atom. The maximum Gasteiger partial charge on any atom is 0.0970 e. The quantitative estimate of drug-likeness (QED) is 0.630. The summed E-state index contributed by atoms with van der Waals surface area (Å²) in [4.78, 5) is 0. The summed E-state index contributed by atoms with van der Waals surface area (Å²) in [5, 5.41) is 13.1. The van der Waals surface area contributed by atoms with Crippen molar-refractivity contribution in [3.05, 3.63) is 0 Å². The van der Waals surface area contributed by atoms with Crippen LogP contribution in [0.3, 0.4) is 0 Å². The highest BCUT2D eigenvalue weighted by atomic mass is 79.9. The number of ether oxygens (including phenoxy) is 1. The molecule has 3 nitrogen and oxygen atoms in total. The third-order valence-electron chi connectivity index (χ3n) is 1.54. The minimum Gasteiger partial charge on any atom is -0.389 e. The monoisotopic (exact) mass is 209 g/mol. The molecule has 2 N–H and O–H groups in total. The van der Waals surface area contributed by atoms with Gasteiger partial charge in [-0.3, -0.25) is 0 Å². The first kappa shape index (κ1) is 8.46. The van der Waals surface area contributed by atoms with Crippen molar-refractivity contribution >= 4 is 15.9 Å². The Morgan fingerprint density at radius 3 is 2.90 bits per heavy atom. The minimum absolute atomic E-state index is 0.00227. The summed E-state index contributed by atoms with van der Waals surface area (Å²) in [7, 11) is 0. The standard InChI is InChI=1S/C6H12BrNO2/c7-1-2-10-6-4-8-3-5(6)9/h5-6,8-9H,1-4H2. The van der Waals surface area contributed by atoms with Gasteiger partial charge in [0.15, 0.2) is 0 Å². The lowest BCUT2D eigenvalue weighted by atomic mass is 10.3. The van der Waals surface area contributed by atoms with Gasteiger partial charge in [0, 0.05) is 18.4 Å². The number of β-amino-alcohol motifs (C(OH)–C–C–N with tert-alkyl or cyclic N) is 1. The molecule has 0 aromatic carbocycles. The van der Waals surface area contributed by atoms with E-state index in [0.29, 0.717) is 13.2 Å². The van der Waals surface area contributed by atoms with Crippen LogP contribution in [0.5, 0.6) is 0 Å². The summed E-state index contributed by atoms with van der Waals surface area (Å²) < 4.78 is 5.30. The van der Waals surface area contributed by atoms with E-state index < -0.39 is 0 Å². The zero-order valence-corrected chi connectivity index (χ0v) is 7.30. The summed E-state index contributed by atoms with van der Waals surface area (Å²) in [6, 6.07) is 0. The van der Waals surface area contributed by atoms with Crippen LogP contribution in [0.15, 0.2) is 0 Å². The summed E-state index contributed by atoms with van der Waals surface area (Å²) >= 11 is 3.25. The van der Waals surface area contributed by atoms with Crippen molar-refractivity contribution in [3.8, 4) is 0 Å². The molecule has 4 heteroatoms. The van der Waals surface area contributed by atoms with Crippen LogP contribution in [0, 0.1) is 0 Å². The Balaban J connectivity index is 2.14. The molecule has 0 radical (unpaired) electrons. The zero-order valence-electron chi connectivity index (χ0n) is 5.72. The lowest BCUT2D eigenvalue weighted by Crippen LogP contribution is -2.27. The van der Waals surface area contributed by atoms with Crippen LogP contribution in [-0.4, -0.2) is 42.3 Å². The molecule has 1 aliphatic heterocycles. The van der Waals surface area contributed by atoms with Gasteiger partial charge in [0.2, 0.25) is 0 Å². The number of halogens is 1. The second-order valence-corrected chi connectivity index (χ2v) is 3.12. The van der Waals surface area contributed by atoms with Crippen LogP contribution >= 0.6 is 15.9 Å². The van der Waals surface area contributed by atoms with Gasteiger partial charge in [0.05, 0.1) is 18.8 Å². The van der Waals surface area contributed by atoms with Gasteiger partial charge in [-0.2, -0.15) is 0 Å². The highest BCUT2D eigenvalue weighted by Crippen LogP contribution is 2.04. The van der Waals surface area contributed by atoms with E-state index in [0.717, 1.165) is 11.9 Å². The molecule has 0 aliphatic carbocycles. The Bertz CT molecular complexity index is 102. The Labute approximate surface area is 68.9 Å². The van der Waals surface area contributed by atoms with Gasteiger partial charge < -0.3 is 15.2 Å². The number of nitrogens with one attached hydrogen (secondary N) is 1. The van der Waals surface area contributed by atoms with Gasteiger partial charge >= 0.3 is 0 Å². The third-order valence-corrected chi connectivity index (χ3v) is 1.86. The Kier molecular flexibility index (Phi) is 3.62. The number of aliphatic hydroxyl groups is 1. The molecule has 1 heterocycles. The minimum atomic E-state index is -0.320. The van der Waals surface area contributed by atoms with Crippen molar-refractivity contribution in [1.82, 2.24) is 5.32 Å². The van der Waals surface area contributed by atoms with Crippen molar-refractivity contribution < 1.29 is 9.84 Å². The summed E-state index contributed by atoms with van der Waals surface area (Å²) in [5.74, 6) is 0. The van der Waals surface area contributed by atoms with E-state index in [-0.39, 0.29) is 12.2 Å². The molecule has 2 atom stereocenters. The van der Waals surface area contributed by atoms with E-state index in [9.17, 15) is 5.11 Å². The second kappa shape index (κ2) is 4.28. The van der Waals surface area contributed by atoms with Gasteiger partial charge in [-0.05, 0) is 0 Å². The second-order valence-electron chi connectivity index (χ2n) is 2.32. The summed E-state index contributed by atoms with van der Waals surface area (Å²) in [6.45, 7) is 2.10. The fraction of sp³-hybridized carbons (Fsp3) is 1.00. The molecule has 1 rings (SSSR count). The van der Waals surface area contributed by atoms with Crippen molar-refractivity contribution in [2.75, 3.05) is 25.0 Å². The average molecular weight is 210 g/mol. The molecule has 0 amide bonds. The number of aliphatic hydroxyl groups excluding tert-OH is 1. The van der Waals surface area contributed by atoms with Crippen molar-refractivity contribution in [3.63, 3.8) is 0 Å². The largest absolute Gasteiger partial charge is 0.389 e. The predicted octanol–water partition coefficient (Wildman–Crippen LogP) is -0.269. The van der Waals surface area contributed by atoms with Crippen LogP contribution in [0.4, 0.5) is 0 Å². The molecule has 2 unspecified atom stereocenters. The molecule has 1 aliphatic rings. The smallest absolute Gasteiger partial charge is 0.0970 e. The molecular formula is C6H12BrNO2. The molecule has 0 aromatic heterocycles. The van der Waals surface area contributed by atoms with E-state index in [4.69, 9.17) is 4.74 Å². The topological polar surface area (TPSA) is 41.5 Å². The maximum atomic E-state index is 9.21. The van der Waals surface area contributed by atoms with Gasteiger partial charge in [-0.25, -0.2) is 0 Å². The third kappa shape index (κ3) is 2.20. The maximum absolute atomic E-state index is 9.21. The van der Waals surface area contributed by atoms with E-state index in [1.165, 1.54) is 0 Å². The fourth-order valence-electron chi connectivity index (χ4n) is 1.01. The van der Waals surface area contributed by atoms with E-state index in [1.54, 1.807) is 0 Å². The van der Waals surface area contributed by atoms with Gasteiger partial charge in [0.25, 0.3) is 0 Å². The van der Waals surface area contributed by atoms with E-state index in [1.807, 2.05) is 0 Å². The molecule has 0 aromatic rings. The molecule has 1 saturated heterocycles. The van der Waals surface area contributed by atoms with Gasteiger partial charge in [-0.15, -0.1) is 0 Å². The van der Waals surface area contributed by atoms with E-state index in [2.05, 4.69) is 21.2 Å². The highest BCUT2D eigenvalue weighted by Gasteiger charge is 2.24. The number of hydrogen-bond donors (Lipinski definition) is 2.